The van der Waals surface area contributed by atoms with Crippen molar-refractivity contribution in [3.8, 4) is 5.75 Å². The van der Waals surface area contributed by atoms with E-state index in [0.29, 0.717) is 41.4 Å². The van der Waals surface area contributed by atoms with Gasteiger partial charge in [-0.15, -0.1) is 0 Å². The number of oxime groups is 1. The fourth-order valence-corrected chi connectivity index (χ4v) is 4.43. The van der Waals surface area contributed by atoms with E-state index in [-0.39, 0.29) is 5.78 Å². The number of benzene rings is 3. The van der Waals surface area contributed by atoms with E-state index in [1.54, 1.807) is 30.0 Å². The van der Waals surface area contributed by atoms with Gasteiger partial charge in [0.25, 0.3) is 0 Å². The van der Waals surface area contributed by atoms with Gasteiger partial charge in [-0.25, -0.2) is 4.79 Å². The largest absolute Gasteiger partial charge is 0.492 e. The molecule has 0 fully saturated rings. The summed E-state index contributed by atoms with van der Waals surface area (Å²) in [7, 11) is 0. The van der Waals surface area contributed by atoms with Gasteiger partial charge < -0.3 is 14.0 Å². The van der Waals surface area contributed by atoms with Crippen LogP contribution in [0.5, 0.6) is 5.75 Å². The summed E-state index contributed by atoms with van der Waals surface area (Å²) in [5, 5.41) is 4.88. The molecular weight excluding hydrogens is 438 g/mol. The van der Waals surface area contributed by atoms with E-state index in [9.17, 15) is 9.59 Å². The standard InChI is InChI=1S/C26H19NO5S/c1-16(28)32-27-22-12-13-30-24-11-10-20(15-21(22)24)33-19-8-6-17(7-9-19)26(29)25-14-18-4-2-3-5-23(18)31-25/h2-11,14-15H,12-13H2,1H3/b27-22+. The minimum Gasteiger partial charge on any atom is -0.492 e. The minimum absolute atomic E-state index is 0.153. The van der Waals surface area contributed by atoms with Gasteiger partial charge in [-0.3, -0.25) is 4.79 Å². The third-order valence-corrected chi connectivity index (χ3v) is 6.14. The molecule has 3 aromatic carbocycles. The van der Waals surface area contributed by atoms with Crippen LogP contribution in [0.3, 0.4) is 0 Å². The molecule has 0 radical (unpaired) electrons. The summed E-state index contributed by atoms with van der Waals surface area (Å²) in [6, 6.07) is 22.6. The van der Waals surface area contributed by atoms with Crippen molar-refractivity contribution in [2.45, 2.75) is 23.1 Å². The Morgan fingerprint density at radius 2 is 1.76 bits per heavy atom. The Balaban J connectivity index is 1.34. The third kappa shape index (κ3) is 4.54. The van der Waals surface area contributed by atoms with Gasteiger partial charge >= 0.3 is 5.97 Å². The smallest absolute Gasteiger partial charge is 0.331 e. The summed E-state index contributed by atoms with van der Waals surface area (Å²) >= 11 is 1.55. The molecular formula is C26H19NO5S. The van der Waals surface area contributed by atoms with Crippen LogP contribution in [0.15, 0.2) is 92.2 Å². The number of ketones is 1. The molecule has 6 nitrogen and oxygen atoms in total. The Kier molecular flexibility index (Phi) is 5.71. The molecule has 1 aromatic heterocycles. The topological polar surface area (TPSA) is 78.1 Å². The molecule has 164 valence electrons. The number of carbonyl (C=O) groups is 2. The average Bonchev–Trinajstić information content (AvgIpc) is 3.27. The molecule has 1 aliphatic heterocycles. The lowest BCUT2D eigenvalue weighted by molar-refractivity contribution is -0.140. The first kappa shape index (κ1) is 21.0. The van der Waals surface area contributed by atoms with Crippen LogP contribution in [0, 0.1) is 0 Å². The first-order chi connectivity index (χ1) is 16.1. The summed E-state index contributed by atoms with van der Waals surface area (Å²) in [6.45, 7) is 1.81. The van der Waals surface area contributed by atoms with Crippen molar-refractivity contribution in [2.75, 3.05) is 6.61 Å². The molecule has 0 bridgehead atoms. The summed E-state index contributed by atoms with van der Waals surface area (Å²) in [6.07, 6.45) is 0.562. The highest BCUT2D eigenvalue weighted by molar-refractivity contribution is 7.99. The predicted molar refractivity (Wildman–Crippen MR) is 125 cm³/mol. The highest BCUT2D eigenvalue weighted by Crippen LogP contribution is 2.34. The average molecular weight is 458 g/mol. The lowest BCUT2D eigenvalue weighted by Gasteiger charge is -2.19. The normalized spacial score (nSPS) is 14.0. The van der Waals surface area contributed by atoms with E-state index in [2.05, 4.69) is 5.16 Å². The fourth-order valence-electron chi connectivity index (χ4n) is 3.58. The number of fused-ring (bicyclic) bond motifs is 2. The molecule has 0 spiro atoms. The summed E-state index contributed by atoms with van der Waals surface area (Å²) in [4.78, 5) is 30.7. The summed E-state index contributed by atoms with van der Waals surface area (Å²) in [5.74, 6) is 0.424. The number of carbonyl (C=O) groups excluding carboxylic acids is 2. The van der Waals surface area contributed by atoms with E-state index in [0.717, 1.165) is 20.7 Å². The number of hydrogen-bond acceptors (Lipinski definition) is 7. The quantitative estimate of drug-likeness (QED) is 0.212. The van der Waals surface area contributed by atoms with Crippen LogP contribution in [0.2, 0.25) is 0 Å². The van der Waals surface area contributed by atoms with Crippen LogP contribution in [-0.2, 0) is 9.63 Å². The van der Waals surface area contributed by atoms with E-state index in [1.807, 2.05) is 54.6 Å². The molecule has 5 rings (SSSR count). The summed E-state index contributed by atoms with van der Waals surface area (Å²) < 4.78 is 11.4. The molecule has 4 aromatic rings. The zero-order chi connectivity index (χ0) is 22.8. The molecule has 0 N–H and O–H groups in total. The second kappa shape index (κ2) is 8.96. The molecule has 0 aliphatic carbocycles. The molecule has 1 aliphatic rings. The SMILES string of the molecule is CC(=O)O/N=C1\CCOc2ccc(Sc3ccc(C(=O)c4cc5ccccc5o4)cc3)cc21. The van der Waals surface area contributed by atoms with E-state index in [1.165, 1.54) is 6.92 Å². The van der Waals surface area contributed by atoms with Gasteiger partial charge in [0.05, 0.1) is 12.3 Å². The van der Waals surface area contributed by atoms with Gasteiger partial charge in [-0.1, -0.05) is 35.1 Å². The first-order valence-corrected chi connectivity index (χ1v) is 11.2. The van der Waals surface area contributed by atoms with Crippen molar-refractivity contribution < 1.29 is 23.6 Å². The number of furan rings is 1. The number of hydrogen-bond donors (Lipinski definition) is 0. The Hall–Kier alpha value is -3.84. The number of ether oxygens (including phenoxy) is 1. The highest BCUT2D eigenvalue weighted by atomic mass is 32.2. The Labute approximate surface area is 194 Å². The maximum absolute atomic E-state index is 12.8. The maximum atomic E-state index is 12.8. The van der Waals surface area contributed by atoms with Gasteiger partial charge in [-0.05, 0) is 54.6 Å². The van der Waals surface area contributed by atoms with Crippen LogP contribution in [-0.4, -0.2) is 24.1 Å². The Bertz CT molecular complexity index is 1350. The van der Waals surface area contributed by atoms with E-state index < -0.39 is 5.97 Å². The molecule has 0 saturated heterocycles. The van der Waals surface area contributed by atoms with Crippen molar-refractivity contribution in [1.29, 1.82) is 0 Å². The van der Waals surface area contributed by atoms with E-state index in [4.69, 9.17) is 14.0 Å². The van der Waals surface area contributed by atoms with Crippen LogP contribution < -0.4 is 4.74 Å². The summed E-state index contributed by atoms with van der Waals surface area (Å²) in [5.41, 5.74) is 2.75. The minimum atomic E-state index is -0.460. The zero-order valence-corrected chi connectivity index (χ0v) is 18.6. The van der Waals surface area contributed by atoms with Gasteiger partial charge in [0.15, 0.2) is 5.76 Å². The molecule has 2 heterocycles. The van der Waals surface area contributed by atoms with Crippen molar-refractivity contribution >= 4 is 40.2 Å². The Morgan fingerprint density at radius 1 is 0.970 bits per heavy atom. The lowest BCUT2D eigenvalue weighted by Crippen LogP contribution is -2.17. The van der Waals surface area contributed by atoms with Crippen molar-refractivity contribution in [3.05, 3.63) is 89.7 Å². The van der Waals surface area contributed by atoms with Crippen LogP contribution in [0.1, 0.15) is 35.0 Å². The number of rotatable bonds is 5. The first-order valence-electron chi connectivity index (χ1n) is 10.4. The van der Waals surface area contributed by atoms with Crippen molar-refractivity contribution in [2.24, 2.45) is 5.16 Å². The number of para-hydroxylation sites is 1. The molecule has 0 unspecified atom stereocenters. The maximum Gasteiger partial charge on any atom is 0.331 e. The second-order valence-corrected chi connectivity index (χ2v) is 8.63. The predicted octanol–water partition coefficient (Wildman–Crippen LogP) is 5.86. The molecule has 0 saturated carbocycles. The lowest BCUT2D eigenvalue weighted by atomic mass is 10.0. The molecule has 0 atom stereocenters. The van der Waals surface area contributed by atoms with Gasteiger partial charge in [0.2, 0.25) is 5.78 Å². The molecule has 33 heavy (non-hydrogen) atoms. The highest BCUT2D eigenvalue weighted by Gasteiger charge is 2.19. The van der Waals surface area contributed by atoms with Crippen molar-refractivity contribution in [3.63, 3.8) is 0 Å². The fraction of sp³-hybridized carbons (Fsp3) is 0.115. The van der Waals surface area contributed by atoms with E-state index >= 15 is 0 Å². The van der Waals surface area contributed by atoms with Gasteiger partial charge in [0, 0.05) is 39.6 Å². The van der Waals surface area contributed by atoms with Crippen molar-refractivity contribution in [1.82, 2.24) is 0 Å². The monoisotopic (exact) mass is 457 g/mol. The number of nitrogens with zero attached hydrogens (tertiary/aromatic N) is 1. The molecule has 7 heteroatoms. The zero-order valence-electron chi connectivity index (χ0n) is 17.7. The third-order valence-electron chi connectivity index (χ3n) is 5.14. The molecule has 0 amide bonds. The Morgan fingerprint density at radius 3 is 2.55 bits per heavy atom. The van der Waals surface area contributed by atoms with Crippen LogP contribution in [0.4, 0.5) is 0 Å². The van der Waals surface area contributed by atoms with Crippen LogP contribution in [0.25, 0.3) is 11.0 Å². The second-order valence-electron chi connectivity index (χ2n) is 7.48. The van der Waals surface area contributed by atoms with Gasteiger partial charge in [-0.2, -0.15) is 0 Å². The van der Waals surface area contributed by atoms with Crippen LogP contribution >= 0.6 is 11.8 Å². The van der Waals surface area contributed by atoms with Gasteiger partial charge in [0.1, 0.15) is 11.3 Å².